The Bertz CT molecular complexity index is 1440. The van der Waals surface area contributed by atoms with Crippen LogP contribution in [0, 0.1) is 12.8 Å². The van der Waals surface area contributed by atoms with Gasteiger partial charge in [-0.25, -0.2) is 8.42 Å². The van der Waals surface area contributed by atoms with E-state index in [4.69, 9.17) is 0 Å². The first-order chi connectivity index (χ1) is 18.6. The van der Waals surface area contributed by atoms with Crippen LogP contribution in [0.25, 0.3) is 0 Å². The van der Waals surface area contributed by atoms with Crippen LogP contribution < -0.4 is 10.4 Å². The van der Waals surface area contributed by atoms with E-state index in [9.17, 15) is 8.42 Å². The molecule has 0 spiro atoms. The number of nitrogens with zero attached hydrogens (tertiary/aromatic N) is 1. The van der Waals surface area contributed by atoms with Gasteiger partial charge in [0.1, 0.15) is 8.07 Å². The van der Waals surface area contributed by atoms with Gasteiger partial charge in [0.25, 0.3) is 0 Å². The van der Waals surface area contributed by atoms with Crippen LogP contribution in [0.5, 0.6) is 0 Å². The van der Waals surface area contributed by atoms with Gasteiger partial charge in [0.15, 0.2) is 0 Å². The molecule has 39 heavy (non-hydrogen) atoms. The summed E-state index contributed by atoms with van der Waals surface area (Å²) in [5.41, 5.74) is 2.52. The van der Waals surface area contributed by atoms with Crippen LogP contribution >= 0.6 is 0 Å². The molecule has 5 heteroatoms. The van der Waals surface area contributed by atoms with Crippen LogP contribution in [0.3, 0.4) is 0 Å². The molecule has 5 rings (SSSR count). The Morgan fingerprint density at radius 2 is 1.21 bits per heavy atom. The summed E-state index contributed by atoms with van der Waals surface area (Å²) in [6.07, 6.45) is 0.857. The van der Waals surface area contributed by atoms with E-state index in [1.807, 2.05) is 25.1 Å². The predicted octanol–water partition coefficient (Wildman–Crippen LogP) is 6.29. The Balaban J connectivity index is 1.70. The van der Waals surface area contributed by atoms with E-state index in [1.165, 1.54) is 15.9 Å². The van der Waals surface area contributed by atoms with E-state index < -0.39 is 18.1 Å². The fraction of sp³-hybridized carbons (Fsp3) is 0.294. The number of sulfonamides is 1. The molecular weight excluding hydrogens is 515 g/mol. The van der Waals surface area contributed by atoms with Crippen LogP contribution in [0.15, 0.2) is 120 Å². The van der Waals surface area contributed by atoms with E-state index in [-0.39, 0.29) is 16.5 Å². The SMILES string of the molecule is Cc1ccc(S(=O)(=O)N2C[C@@H](Cc3ccccc3)[C@H]([Si](c3ccccc3)(c3ccccc3)C(C)(C)C)C2)cc1. The molecule has 0 bridgehead atoms. The Labute approximate surface area is 235 Å². The minimum absolute atomic E-state index is 0.0566. The molecule has 0 unspecified atom stereocenters. The molecule has 1 aliphatic heterocycles. The summed E-state index contributed by atoms with van der Waals surface area (Å²) in [4.78, 5) is 0.384. The van der Waals surface area contributed by atoms with E-state index >= 15 is 0 Å². The van der Waals surface area contributed by atoms with E-state index in [1.54, 1.807) is 16.4 Å². The zero-order valence-electron chi connectivity index (χ0n) is 23.4. The number of rotatable bonds is 7. The van der Waals surface area contributed by atoms with E-state index in [2.05, 4.69) is 106 Å². The molecule has 0 N–H and O–H groups in total. The molecule has 1 heterocycles. The van der Waals surface area contributed by atoms with Gasteiger partial charge < -0.3 is 0 Å². The first kappa shape index (κ1) is 27.6. The molecule has 0 amide bonds. The fourth-order valence-corrected chi connectivity index (χ4v) is 15.5. The average molecular weight is 554 g/mol. The van der Waals surface area contributed by atoms with Crippen molar-refractivity contribution < 1.29 is 8.42 Å². The predicted molar refractivity (Wildman–Crippen MR) is 165 cm³/mol. The normalized spacial score (nSPS) is 18.8. The molecule has 2 atom stereocenters. The molecule has 4 aromatic rings. The summed E-state index contributed by atoms with van der Waals surface area (Å²) in [6, 6.07) is 39.8. The van der Waals surface area contributed by atoms with Gasteiger partial charge >= 0.3 is 0 Å². The number of aryl methyl sites for hydroxylation is 1. The number of hydrogen-bond donors (Lipinski definition) is 0. The van der Waals surface area contributed by atoms with Crippen molar-refractivity contribution in [3.8, 4) is 0 Å². The van der Waals surface area contributed by atoms with Crippen molar-refractivity contribution >= 4 is 28.5 Å². The maximum Gasteiger partial charge on any atom is 0.243 e. The third-order valence-electron chi connectivity index (χ3n) is 8.60. The highest BCUT2D eigenvalue weighted by atomic mass is 32.2. The third-order valence-corrected chi connectivity index (χ3v) is 17.1. The maximum atomic E-state index is 14.1. The van der Waals surface area contributed by atoms with Crippen LogP contribution in [0.4, 0.5) is 0 Å². The van der Waals surface area contributed by atoms with Gasteiger partial charge in [0.2, 0.25) is 10.0 Å². The lowest BCUT2D eigenvalue weighted by molar-refractivity contribution is 0.456. The van der Waals surface area contributed by atoms with Crippen LogP contribution in [0.2, 0.25) is 10.6 Å². The summed E-state index contributed by atoms with van der Waals surface area (Å²) in [5.74, 6) is 0.193. The van der Waals surface area contributed by atoms with Gasteiger partial charge in [0.05, 0.1) is 4.90 Å². The molecule has 4 aromatic carbocycles. The van der Waals surface area contributed by atoms with Crippen molar-refractivity contribution in [1.29, 1.82) is 0 Å². The molecule has 0 saturated carbocycles. The lowest BCUT2D eigenvalue weighted by atomic mass is 9.98. The highest BCUT2D eigenvalue weighted by molar-refractivity contribution is 7.89. The first-order valence-corrected chi connectivity index (χ1v) is 17.4. The molecule has 3 nitrogen and oxygen atoms in total. The van der Waals surface area contributed by atoms with Gasteiger partial charge in [-0.2, -0.15) is 4.31 Å². The molecular formula is C34H39NO2SSi. The first-order valence-electron chi connectivity index (χ1n) is 13.9. The summed E-state index contributed by atoms with van der Waals surface area (Å²) in [7, 11) is -6.20. The molecule has 202 valence electrons. The van der Waals surface area contributed by atoms with Crippen molar-refractivity contribution in [2.75, 3.05) is 13.1 Å². The van der Waals surface area contributed by atoms with Crippen molar-refractivity contribution in [3.63, 3.8) is 0 Å². The van der Waals surface area contributed by atoms with Crippen molar-refractivity contribution in [3.05, 3.63) is 126 Å². The Morgan fingerprint density at radius 3 is 1.69 bits per heavy atom. The lowest BCUT2D eigenvalue weighted by Gasteiger charge is -2.50. The van der Waals surface area contributed by atoms with Gasteiger partial charge in [-0.3, -0.25) is 0 Å². The van der Waals surface area contributed by atoms with Crippen LogP contribution in [-0.2, 0) is 16.4 Å². The Kier molecular flexibility index (Phi) is 7.69. The second-order valence-corrected chi connectivity index (χ2v) is 18.9. The van der Waals surface area contributed by atoms with Gasteiger partial charge in [-0.1, -0.05) is 140 Å². The number of benzene rings is 4. The third kappa shape index (κ3) is 5.16. The van der Waals surface area contributed by atoms with E-state index in [0.717, 1.165) is 12.0 Å². The topological polar surface area (TPSA) is 37.4 Å². The second-order valence-electron chi connectivity index (χ2n) is 12.0. The summed E-state index contributed by atoms with van der Waals surface area (Å²) < 4.78 is 29.9. The molecule has 0 radical (unpaired) electrons. The van der Waals surface area contributed by atoms with Crippen LogP contribution in [0.1, 0.15) is 31.9 Å². The quantitative estimate of drug-likeness (QED) is 0.252. The molecule has 1 saturated heterocycles. The highest BCUT2D eigenvalue weighted by Gasteiger charge is 2.58. The highest BCUT2D eigenvalue weighted by Crippen LogP contribution is 2.50. The van der Waals surface area contributed by atoms with Gasteiger partial charge in [0, 0.05) is 13.1 Å². The smallest absolute Gasteiger partial charge is 0.207 e. The monoisotopic (exact) mass is 553 g/mol. The maximum absolute atomic E-state index is 14.1. The fourth-order valence-electron chi connectivity index (χ4n) is 6.92. The average Bonchev–Trinajstić information content (AvgIpc) is 3.35. The van der Waals surface area contributed by atoms with Crippen LogP contribution in [-0.4, -0.2) is 33.9 Å². The standard InChI is InChI=1S/C34H39NO2SSi/c1-27-20-22-30(23-21-27)38(36,37)35-25-29(24-28-14-8-5-9-15-28)33(26-35)39(34(2,3)4,31-16-10-6-11-17-31)32-18-12-7-13-19-32/h5-23,29,33H,24-26H2,1-4H3/t29-,33-/m1/s1. The van der Waals surface area contributed by atoms with Crippen molar-refractivity contribution in [1.82, 2.24) is 4.31 Å². The number of hydrogen-bond acceptors (Lipinski definition) is 2. The summed E-state index contributed by atoms with van der Waals surface area (Å²) in [5, 5.41) is 2.70. The zero-order chi connectivity index (χ0) is 27.7. The molecule has 0 aromatic heterocycles. The van der Waals surface area contributed by atoms with Gasteiger partial charge in [-0.15, -0.1) is 0 Å². The molecule has 1 fully saturated rings. The minimum Gasteiger partial charge on any atom is -0.207 e. The van der Waals surface area contributed by atoms with E-state index in [0.29, 0.717) is 18.0 Å². The second kappa shape index (κ2) is 10.9. The Morgan fingerprint density at radius 1 is 0.718 bits per heavy atom. The molecule has 1 aliphatic rings. The summed E-state index contributed by atoms with van der Waals surface area (Å²) >= 11 is 0. The lowest BCUT2D eigenvalue weighted by Crippen LogP contribution is -2.68. The summed E-state index contributed by atoms with van der Waals surface area (Å²) in [6.45, 7) is 10.2. The minimum atomic E-state index is -3.63. The Hall–Kier alpha value is -2.99. The largest absolute Gasteiger partial charge is 0.243 e. The van der Waals surface area contributed by atoms with Gasteiger partial charge in [-0.05, 0) is 47.5 Å². The van der Waals surface area contributed by atoms with Crippen molar-refractivity contribution in [2.45, 2.75) is 49.6 Å². The molecule has 0 aliphatic carbocycles. The van der Waals surface area contributed by atoms with Crippen molar-refractivity contribution in [2.24, 2.45) is 5.92 Å². The zero-order valence-corrected chi connectivity index (χ0v) is 25.2.